The molecule has 1 aliphatic heterocycles. The molecule has 12 aromatic carbocycles. The highest BCUT2D eigenvalue weighted by molar-refractivity contribution is 6.29. The van der Waals surface area contributed by atoms with Crippen LogP contribution in [0.5, 0.6) is 11.5 Å². The number of para-hydroxylation sites is 4. The number of ether oxygens (including phenoxy) is 1. The first-order valence-corrected chi connectivity index (χ1v) is 22.7. The maximum atomic E-state index is 7.21. The van der Waals surface area contributed by atoms with Gasteiger partial charge in [-0.2, -0.15) is 0 Å². The number of rotatable bonds is 6. The molecule has 2 aromatic heterocycles. The monoisotopic (exact) mass is 856 g/mol. The molecule has 0 amide bonds. The fourth-order valence-electron chi connectivity index (χ4n) is 11.1. The summed E-state index contributed by atoms with van der Waals surface area (Å²) in [4.78, 5) is 4.74. The first kappa shape index (κ1) is 36.3. The number of hydrogen-bond donors (Lipinski definition) is 0. The van der Waals surface area contributed by atoms with E-state index in [0.717, 1.165) is 138 Å². The van der Waals surface area contributed by atoms with Gasteiger partial charge in [-0.15, -0.1) is 0 Å². The Hall–Kier alpha value is -9.06. The lowest BCUT2D eigenvalue weighted by Crippen LogP contribution is -2.12. The van der Waals surface area contributed by atoms with Gasteiger partial charge in [0.1, 0.15) is 22.7 Å². The number of benzene rings is 12. The summed E-state index contributed by atoms with van der Waals surface area (Å²) in [7, 11) is 0. The predicted octanol–water partition coefficient (Wildman–Crippen LogP) is 18.3. The van der Waals surface area contributed by atoms with Gasteiger partial charge in [0.05, 0.1) is 34.1 Å². The van der Waals surface area contributed by atoms with Gasteiger partial charge in [0, 0.05) is 59.9 Å². The average molecular weight is 857 g/mol. The van der Waals surface area contributed by atoms with Crippen molar-refractivity contribution >= 4 is 132 Å². The van der Waals surface area contributed by atoms with Gasteiger partial charge < -0.3 is 23.4 Å². The Kier molecular flexibility index (Phi) is 7.44. The molecule has 5 heteroatoms. The van der Waals surface area contributed by atoms with Crippen molar-refractivity contribution in [2.45, 2.75) is 0 Å². The molecular weight excluding hydrogens is 821 g/mol. The Morgan fingerprint density at radius 1 is 0.269 bits per heavy atom. The van der Waals surface area contributed by atoms with Crippen LogP contribution in [0.3, 0.4) is 0 Å². The zero-order chi connectivity index (χ0) is 43.7. The van der Waals surface area contributed by atoms with Gasteiger partial charge in [-0.05, 0) is 76.1 Å². The Balaban J connectivity index is 0.998. The second kappa shape index (κ2) is 13.7. The third-order valence-electron chi connectivity index (χ3n) is 13.9. The number of anilines is 6. The molecule has 0 fully saturated rings. The molecule has 67 heavy (non-hydrogen) atoms. The van der Waals surface area contributed by atoms with Gasteiger partial charge in [-0.25, -0.2) is 0 Å². The third kappa shape index (κ3) is 5.19. The second-order valence-corrected chi connectivity index (χ2v) is 17.6. The fourth-order valence-corrected chi connectivity index (χ4v) is 11.1. The first-order valence-electron chi connectivity index (χ1n) is 22.7. The molecule has 0 atom stereocenters. The van der Waals surface area contributed by atoms with Gasteiger partial charge >= 0.3 is 0 Å². The topological polar surface area (TPSA) is 42.0 Å². The van der Waals surface area contributed by atoms with E-state index in [9.17, 15) is 0 Å². The molecule has 0 N–H and O–H groups in total. The lowest BCUT2D eigenvalue weighted by molar-refractivity contribution is 0.493. The van der Waals surface area contributed by atoms with E-state index in [1.165, 1.54) is 5.39 Å². The normalized spacial score (nSPS) is 12.3. The van der Waals surface area contributed by atoms with Crippen LogP contribution in [0.4, 0.5) is 34.1 Å². The van der Waals surface area contributed by atoms with E-state index in [2.05, 4.69) is 210 Å². The van der Waals surface area contributed by atoms with Crippen LogP contribution < -0.4 is 14.5 Å². The second-order valence-electron chi connectivity index (χ2n) is 17.6. The quantitative estimate of drug-likeness (QED) is 0.156. The number of nitrogens with zero attached hydrogens (tertiary/aromatic N) is 2. The molecule has 0 bridgehead atoms. The summed E-state index contributed by atoms with van der Waals surface area (Å²) in [6.45, 7) is 0. The largest absolute Gasteiger partial charge is 0.456 e. The fraction of sp³-hybridized carbons (Fsp3) is 0. The summed E-state index contributed by atoms with van der Waals surface area (Å²) in [6, 6.07) is 77.7. The van der Waals surface area contributed by atoms with Gasteiger partial charge in [0.2, 0.25) is 0 Å². The van der Waals surface area contributed by atoms with Crippen LogP contribution in [-0.4, -0.2) is 0 Å². The van der Waals surface area contributed by atoms with Crippen molar-refractivity contribution in [2.75, 3.05) is 9.80 Å². The molecule has 0 saturated heterocycles. The molecule has 3 heterocycles. The van der Waals surface area contributed by atoms with E-state index >= 15 is 0 Å². The van der Waals surface area contributed by atoms with Crippen LogP contribution in [0.25, 0.3) is 97.7 Å². The summed E-state index contributed by atoms with van der Waals surface area (Å²) in [5, 5.41) is 15.6. The van der Waals surface area contributed by atoms with Crippen LogP contribution >= 0.6 is 0 Å². The zero-order valence-electron chi connectivity index (χ0n) is 35.9. The molecule has 0 spiro atoms. The van der Waals surface area contributed by atoms with E-state index in [0.29, 0.717) is 0 Å². The molecule has 0 radical (unpaired) electrons. The van der Waals surface area contributed by atoms with Crippen molar-refractivity contribution in [2.24, 2.45) is 0 Å². The highest BCUT2D eigenvalue weighted by atomic mass is 16.5. The van der Waals surface area contributed by atoms with Crippen molar-refractivity contribution in [1.29, 1.82) is 0 Å². The molecule has 14 aromatic rings. The SMILES string of the molecule is c1ccc2c(N(c3cc4c5c(ccc6cc(N(c7cccc8ccccc78)c7cccc8c7oc7ccccc78)c7cccc(c7c65)O4)c3)c3cccc4c3oc3ccccc34)cccc2c1. The van der Waals surface area contributed by atoms with Gasteiger partial charge in [-0.3, -0.25) is 0 Å². The Morgan fingerprint density at radius 2 is 0.746 bits per heavy atom. The lowest BCUT2D eigenvalue weighted by atomic mass is 9.91. The van der Waals surface area contributed by atoms with Gasteiger partial charge in [0.15, 0.2) is 11.2 Å². The van der Waals surface area contributed by atoms with Gasteiger partial charge in [0.25, 0.3) is 0 Å². The maximum absolute atomic E-state index is 7.21. The van der Waals surface area contributed by atoms with Crippen molar-refractivity contribution in [3.05, 3.63) is 218 Å². The minimum absolute atomic E-state index is 0.811. The highest BCUT2D eigenvalue weighted by Crippen LogP contribution is 2.55. The van der Waals surface area contributed by atoms with Crippen LogP contribution in [0, 0.1) is 0 Å². The Bertz CT molecular complexity index is 4400. The van der Waals surface area contributed by atoms with Crippen molar-refractivity contribution < 1.29 is 13.6 Å². The summed E-state index contributed by atoms with van der Waals surface area (Å²) >= 11 is 0. The van der Waals surface area contributed by atoms with Crippen molar-refractivity contribution in [1.82, 2.24) is 0 Å². The van der Waals surface area contributed by atoms with Gasteiger partial charge in [-0.1, -0.05) is 158 Å². The Labute approximate surface area is 383 Å². The number of furan rings is 2. The molecule has 5 nitrogen and oxygen atoms in total. The van der Waals surface area contributed by atoms with E-state index in [1.807, 2.05) is 18.2 Å². The van der Waals surface area contributed by atoms with Crippen molar-refractivity contribution in [3.8, 4) is 11.5 Å². The lowest BCUT2D eigenvalue weighted by Gasteiger charge is -2.31. The standard InChI is InChI=1S/C62H36N2O3/c1-3-18-42-37(14-1)16-9-25-49(42)63(51-27-11-22-46-44-20-5-7-29-54(44)66-61(46)51)41-34-39-32-33-40-35-53(48-24-13-31-56-60(48)59(40)58(39)57(36-41)65-56)64(50-26-10-17-38-15-2-4-19-43(38)50)52-28-12-23-47-45-21-6-8-30-55(45)67-62(47)52/h1-36H. The molecule has 0 aliphatic carbocycles. The minimum Gasteiger partial charge on any atom is -0.456 e. The summed E-state index contributed by atoms with van der Waals surface area (Å²) < 4.78 is 20.7. The molecule has 0 unspecified atom stereocenters. The van der Waals surface area contributed by atoms with E-state index < -0.39 is 0 Å². The number of fused-ring (bicyclic) bond motifs is 8. The van der Waals surface area contributed by atoms with E-state index in [1.54, 1.807) is 0 Å². The summed E-state index contributed by atoms with van der Waals surface area (Å²) in [5.41, 5.74) is 9.44. The molecule has 1 aliphatic rings. The maximum Gasteiger partial charge on any atom is 0.159 e. The molecule has 312 valence electrons. The third-order valence-corrected chi connectivity index (χ3v) is 13.9. The smallest absolute Gasteiger partial charge is 0.159 e. The molecule has 15 rings (SSSR count). The number of hydrogen-bond acceptors (Lipinski definition) is 5. The van der Waals surface area contributed by atoms with Crippen LogP contribution in [0.15, 0.2) is 227 Å². The minimum atomic E-state index is 0.811. The van der Waals surface area contributed by atoms with E-state index in [4.69, 9.17) is 13.6 Å². The summed E-state index contributed by atoms with van der Waals surface area (Å²) in [6.07, 6.45) is 0. The van der Waals surface area contributed by atoms with Crippen LogP contribution in [-0.2, 0) is 0 Å². The van der Waals surface area contributed by atoms with Crippen molar-refractivity contribution in [3.63, 3.8) is 0 Å². The van der Waals surface area contributed by atoms with E-state index in [-0.39, 0.29) is 0 Å². The Morgan fingerprint density at radius 3 is 1.40 bits per heavy atom. The molecule has 0 saturated carbocycles. The summed E-state index contributed by atoms with van der Waals surface area (Å²) in [5.74, 6) is 1.63. The van der Waals surface area contributed by atoms with Crippen LogP contribution in [0.2, 0.25) is 0 Å². The predicted molar refractivity (Wildman–Crippen MR) is 278 cm³/mol. The first-order chi connectivity index (χ1) is 33.2. The van der Waals surface area contributed by atoms with Crippen LogP contribution in [0.1, 0.15) is 0 Å². The average Bonchev–Trinajstić information content (AvgIpc) is 3.96. The molecular formula is C62H36N2O3. The highest BCUT2D eigenvalue weighted by Gasteiger charge is 2.29. The zero-order valence-corrected chi connectivity index (χ0v) is 35.9.